The zero-order valence-electron chi connectivity index (χ0n) is 19.0. The number of nitrogens with two attached hydrogens (primary N) is 1. The number of piperidine rings is 1. The summed E-state index contributed by atoms with van der Waals surface area (Å²) in [6, 6.07) is 15.4. The number of para-hydroxylation sites is 2. The number of amides is 2. The lowest BCUT2D eigenvalue weighted by Crippen LogP contribution is -2.38. The smallest absolute Gasteiger partial charge is 0.329 e. The molecule has 1 aromatic heterocycles. The van der Waals surface area contributed by atoms with Crippen LogP contribution in [0.5, 0.6) is 0 Å². The van der Waals surface area contributed by atoms with Crippen LogP contribution in [0.25, 0.3) is 11.0 Å². The molecule has 3 aromatic rings. The summed E-state index contributed by atoms with van der Waals surface area (Å²) in [6.07, 6.45) is 2.61. The highest BCUT2D eigenvalue weighted by molar-refractivity contribution is 5.91. The number of fused-ring (bicyclic) bond motifs is 1. The van der Waals surface area contributed by atoms with Crippen LogP contribution in [0.4, 0.5) is 11.4 Å². The Morgan fingerprint density at radius 3 is 2.15 bits per heavy atom. The van der Waals surface area contributed by atoms with Crippen LogP contribution >= 0.6 is 0 Å². The van der Waals surface area contributed by atoms with E-state index >= 15 is 0 Å². The first-order valence-corrected chi connectivity index (χ1v) is 11.6. The van der Waals surface area contributed by atoms with Crippen LogP contribution in [0.15, 0.2) is 53.3 Å². The molecule has 8 heteroatoms. The third kappa shape index (κ3) is 4.94. The first kappa shape index (κ1) is 22.6. The second-order valence-electron chi connectivity index (χ2n) is 8.58. The number of nitrogens with one attached hydrogen (secondary N) is 1. The fraction of sp³-hybridized carbons (Fsp3) is 0.400. The molecule has 0 radical (unpaired) electrons. The average molecular weight is 450 g/mol. The number of benzene rings is 2. The molecule has 0 bridgehead atoms. The van der Waals surface area contributed by atoms with Gasteiger partial charge in [0.25, 0.3) is 0 Å². The topological polar surface area (TPSA) is 102 Å². The lowest BCUT2D eigenvalue weighted by molar-refractivity contribution is -0.122. The number of hydrogen-bond acceptors (Lipinski definition) is 4. The van der Waals surface area contributed by atoms with Gasteiger partial charge >= 0.3 is 5.69 Å². The van der Waals surface area contributed by atoms with Crippen LogP contribution in [0.1, 0.15) is 32.6 Å². The van der Waals surface area contributed by atoms with E-state index in [2.05, 4.69) is 10.2 Å². The first-order valence-electron chi connectivity index (χ1n) is 11.6. The van der Waals surface area contributed by atoms with Gasteiger partial charge in [0.05, 0.1) is 11.0 Å². The Labute approximate surface area is 193 Å². The van der Waals surface area contributed by atoms with Gasteiger partial charge in [0.1, 0.15) is 0 Å². The molecular formula is C25H31N5O3. The molecule has 1 saturated heterocycles. The first-order chi connectivity index (χ1) is 16.0. The minimum atomic E-state index is -0.218. The number of rotatable bonds is 8. The van der Waals surface area contributed by atoms with E-state index in [1.165, 1.54) is 0 Å². The molecule has 1 fully saturated rings. The standard InChI is InChI=1S/C25H31N5O3/c1-2-14-29-21-5-3-4-6-22(21)30(25(29)33)17-13-23(31)27-19-7-9-20(10-8-19)28-15-11-18(12-16-28)24(26)32/h3-10,18H,2,11-17H2,1H3,(H2,26,32)(H,27,31). The largest absolute Gasteiger partial charge is 0.371 e. The summed E-state index contributed by atoms with van der Waals surface area (Å²) in [5.41, 5.74) is 8.88. The van der Waals surface area contributed by atoms with Gasteiger partial charge in [0, 0.05) is 49.9 Å². The number of nitrogens with zero attached hydrogens (tertiary/aromatic N) is 3. The maximum atomic E-state index is 12.9. The summed E-state index contributed by atoms with van der Waals surface area (Å²) >= 11 is 0. The van der Waals surface area contributed by atoms with E-state index in [1.54, 1.807) is 9.13 Å². The molecule has 0 spiro atoms. The van der Waals surface area contributed by atoms with Gasteiger partial charge in [-0.05, 0) is 55.7 Å². The van der Waals surface area contributed by atoms with E-state index in [9.17, 15) is 14.4 Å². The summed E-state index contributed by atoms with van der Waals surface area (Å²) in [4.78, 5) is 39.0. The summed E-state index contributed by atoms with van der Waals surface area (Å²) in [5, 5.41) is 2.92. The zero-order chi connectivity index (χ0) is 23.4. The number of aryl methyl sites for hydroxylation is 2. The van der Waals surface area contributed by atoms with Crippen LogP contribution in [0.3, 0.4) is 0 Å². The zero-order valence-corrected chi connectivity index (χ0v) is 19.0. The van der Waals surface area contributed by atoms with Gasteiger partial charge in [0.2, 0.25) is 11.8 Å². The fourth-order valence-corrected chi connectivity index (χ4v) is 4.54. The lowest BCUT2D eigenvalue weighted by atomic mass is 9.96. The highest BCUT2D eigenvalue weighted by Crippen LogP contribution is 2.24. The number of primary amides is 1. The Kier molecular flexibility index (Phi) is 6.82. The predicted octanol–water partition coefficient (Wildman–Crippen LogP) is 2.94. The Morgan fingerprint density at radius 1 is 0.970 bits per heavy atom. The molecule has 0 saturated carbocycles. The Balaban J connectivity index is 1.36. The van der Waals surface area contributed by atoms with Crippen LogP contribution in [-0.4, -0.2) is 34.0 Å². The van der Waals surface area contributed by atoms with Gasteiger partial charge in [-0.3, -0.25) is 18.7 Å². The van der Waals surface area contributed by atoms with Gasteiger partial charge in [-0.25, -0.2) is 4.79 Å². The van der Waals surface area contributed by atoms with E-state index in [-0.39, 0.29) is 29.8 Å². The monoisotopic (exact) mass is 449 g/mol. The van der Waals surface area contributed by atoms with E-state index in [0.29, 0.717) is 13.1 Å². The van der Waals surface area contributed by atoms with Crippen molar-refractivity contribution in [3.05, 3.63) is 59.0 Å². The fourth-order valence-electron chi connectivity index (χ4n) is 4.54. The molecule has 0 aliphatic carbocycles. The molecule has 2 amide bonds. The molecule has 174 valence electrons. The Morgan fingerprint density at radius 2 is 1.58 bits per heavy atom. The van der Waals surface area contributed by atoms with Gasteiger partial charge in [0.15, 0.2) is 0 Å². The number of imidazole rings is 1. The third-order valence-electron chi connectivity index (χ3n) is 6.35. The minimum absolute atomic E-state index is 0.0386. The quantitative estimate of drug-likeness (QED) is 0.552. The van der Waals surface area contributed by atoms with Crippen molar-refractivity contribution in [3.8, 4) is 0 Å². The van der Waals surface area contributed by atoms with Gasteiger partial charge in [-0.2, -0.15) is 0 Å². The summed E-state index contributed by atoms with van der Waals surface area (Å²) < 4.78 is 3.46. The molecule has 8 nitrogen and oxygen atoms in total. The van der Waals surface area contributed by atoms with Gasteiger partial charge < -0.3 is 16.0 Å². The van der Waals surface area contributed by atoms with Crippen molar-refractivity contribution in [3.63, 3.8) is 0 Å². The molecule has 3 N–H and O–H groups in total. The second-order valence-corrected chi connectivity index (χ2v) is 8.58. The van der Waals surface area contributed by atoms with Gasteiger partial charge in [-0.15, -0.1) is 0 Å². The number of aromatic nitrogens is 2. The Hall–Kier alpha value is -3.55. The maximum Gasteiger partial charge on any atom is 0.329 e. The van der Waals surface area contributed by atoms with Crippen LogP contribution < -0.4 is 21.6 Å². The molecule has 33 heavy (non-hydrogen) atoms. The number of anilines is 2. The van der Waals surface area contributed by atoms with Crippen molar-refractivity contribution < 1.29 is 9.59 Å². The average Bonchev–Trinajstić information content (AvgIpc) is 3.09. The normalized spacial score (nSPS) is 14.5. The SMILES string of the molecule is CCCn1c(=O)n(CCC(=O)Nc2ccc(N3CCC(C(N)=O)CC3)cc2)c2ccccc21. The highest BCUT2D eigenvalue weighted by Gasteiger charge is 2.23. The molecule has 2 heterocycles. The van der Waals surface area contributed by atoms with Crippen molar-refractivity contribution in [2.75, 3.05) is 23.3 Å². The lowest BCUT2D eigenvalue weighted by Gasteiger charge is -2.32. The van der Waals surface area contributed by atoms with Crippen molar-refractivity contribution in [1.82, 2.24) is 9.13 Å². The van der Waals surface area contributed by atoms with Crippen molar-refractivity contribution in [2.24, 2.45) is 11.7 Å². The number of hydrogen-bond donors (Lipinski definition) is 2. The summed E-state index contributed by atoms with van der Waals surface area (Å²) in [6.45, 7) is 4.61. The van der Waals surface area contributed by atoms with Crippen LogP contribution in [0.2, 0.25) is 0 Å². The van der Waals surface area contributed by atoms with Crippen molar-refractivity contribution >= 4 is 34.2 Å². The molecule has 0 unspecified atom stereocenters. The predicted molar refractivity (Wildman–Crippen MR) is 130 cm³/mol. The molecule has 2 aromatic carbocycles. The molecule has 1 aliphatic rings. The van der Waals surface area contributed by atoms with Crippen LogP contribution in [-0.2, 0) is 22.7 Å². The minimum Gasteiger partial charge on any atom is -0.371 e. The van der Waals surface area contributed by atoms with E-state index < -0.39 is 0 Å². The second kappa shape index (κ2) is 9.94. The maximum absolute atomic E-state index is 12.9. The number of carbonyl (C=O) groups excluding carboxylic acids is 2. The summed E-state index contributed by atoms with van der Waals surface area (Å²) in [7, 11) is 0. The third-order valence-corrected chi connectivity index (χ3v) is 6.35. The molecule has 0 atom stereocenters. The highest BCUT2D eigenvalue weighted by atomic mass is 16.2. The van der Waals surface area contributed by atoms with Crippen LogP contribution in [0, 0.1) is 5.92 Å². The Bertz CT molecular complexity index is 1190. The van der Waals surface area contributed by atoms with E-state index in [4.69, 9.17) is 5.73 Å². The molecule has 1 aliphatic heterocycles. The molecule has 4 rings (SSSR count). The van der Waals surface area contributed by atoms with E-state index in [1.807, 2.05) is 55.5 Å². The summed E-state index contributed by atoms with van der Waals surface area (Å²) in [5.74, 6) is -0.391. The van der Waals surface area contributed by atoms with Crippen molar-refractivity contribution in [1.29, 1.82) is 0 Å². The van der Waals surface area contributed by atoms with Gasteiger partial charge in [-0.1, -0.05) is 19.1 Å². The number of carbonyl (C=O) groups is 2. The molecular weight excluding hydrogens is 418 g/mol. The van der Waals surface area contributed by atoms with E-state index in [0.717, 1.165) is 54.8 Å². The van der Waals surface area contributed by atoms with Crippen molar-refractivity contribution in [2.45, 2.75) is 45.7 Å².